The Balaban J connectivity index is 1.55. The molecule has 0 radical (unpaired) electrons. The molecular weight excluding hydrogens is 287 g/mol. The van der Waals surface area contributed by atoms with E-state index in [1.54, 1.807) is 23.5 Å². The zero-order valence-electron chi connectivity index (χ0n) is 11.6. The fourth-order valence-corrected chi connectivity index (χ4v) is 3.67. The van der Waals surface area contributed by atoms with Gasteiger partial charge in [0.15, 0.2) is 0 Å². The van der Waals surface area contributed by atoms with Gasteiger partial charge in [-0.05, 0) is 54.5 Å². The second kappa shape index (κ2) is 6.37. The molecule has 5 heteroatoms. The van der Waals surface area contributed by atoms with Crippen LogP contribution < -0.4 is 10.6 Å². The maximum Gasteiger partial charge on any atom is 0.238 e. The van der Waals surface area contributed by atoms with Gasteiger partial charge in [-0.15, -0.1) is 11.3 Å². The zero-order valence-corrected chi connectivity index (χ0v) is 12.4. The van der Waals surface area contributed by atoms with Crippen molar-refractivity contribution in [1.29, 1.82) is 0 Å². The maximum absolute atomic E-state index is 13.1. The molecule has 1 aromatic carbocycles. The van der Waals surface area contributed by atoms with E-state index in [4.69, 9.17) is 0 Å². The molecule has 0 aliphatic heterocycles. The summed E-state index contributed by atoms with van der Waals surface area (Å²) < 4.78 is 13.1. The van der Waals surface area contributed by atoms with Crippen LogP contribution in [0.25, 0.3) is 0 Å². The average molecular weight is 304 g/mol. The first-order chi connectivity index (χ1) is 10.2. The van der Waals surface area contributed by atoms with Crippen molar-refractivity contribution in [1.82, 2.24) is 5.32 Å². The lowest BCUT2D eigenvalue weighted by molar-refractivity contribution is -0.115. The molecule has 1 heterocycles. The van der Waals surface area contributed by atoms with Crippen LogP contribution in [0.3, 0.4) is 0 Å². The summed E-state index contributed by atoms with van der Waals surface area (Å²) in [5.74, 6) is -0.501. The molecule has 3 rings (SSSR count). The summed E-state index contributed by atoms with van der Waals surface area (Å²) in [5.41, 5.74) is 1.81. The Labute approximate surface area is 127 Å². The lowest BCUT2D eigenvalue weighted by Crippen LogP contribution is -2.32. The minimum atomic E-state index is -0.351. The molecule has 1 aliphatic carbocycles. The van der Waals surface area contributed by atoms with E-state index in [1.807, 2.05) is 0 Å². The van der Waals surface area contributed by atoms with Gasteiger partial charge in [-0.25, -0.2) is 4.39 Å². The molecule has 0 saturated carbocycles. The van der Waals surface area contributed by atoms with Gasteiger partial charge in [-0.3, -0.25) is 4.79 Å². The molecule has 1 amide bonds. The number of aryl methyl sites for hydroxylation is 1. The highest BCUT2D eigenvalue weighted by atomic mass is 32.1. The number of fused-ring (bicyclic) bond motifs is 1. The highest BCUT2D eigenvalue weighted by Crippen LogP contribution is 2.33. The number of hydrogen-bond acceptors (Lipinski definition) is 3. The fraction of sp³-hybridized carbons (Fsp3) is 0.312. The van der Waals surface area contributed by atoms with Crippen LogP contribution in [-0.4, -0.2) is 12.5 Å². The van der Waals surface area contributed by atoms with E-state index in [2.05, 4.69) is 22.1 Å². The van der Waals surface area contributed by atoms with Gasteiger partial charge in [-0.1, -0.05) is 6.07 Å². The van der Waals surface area contributed by atoms with Crippen LogP contribution in [0.15, 0.2) is 35.7 Å². The van der Waals surface area contributed by atoms with Crippen LogP contribution in [0, 0.1) is 5.82 Å². The highest BCUT2D eigenvalue weighted by molar-refractivity contribution is 7.10. The number of benzene rings is 1. The zero-order chi connectivity index (χ0) is 14.7. The normalized spacial score (nSPS) is 17.3. The van der Waals surface area contributed by atoms with Gasteiger partial charge < -0.3 is 10.6 Å². The quantitative estimate of drug-likeness (QED) is 0.908. The highest BCUT2D eigenvalue weighted by Gasteiger charge is 2.21. The standard InChI is InChI=1S/C16H17FN2OS/c17-11-3-1-4-12(9-11)19-16(20)10-18-14-5-2-6-15-13(14)7-8-21-15/h1,3-4,7-9,14,18H,2,5-6,10H2,(H,19,20). The Morgan fingerprint density at radius 3 is 3.14 bits per heavy atom. The Morgan fingerprint density at radius 1 is 1.38 bits per heavy atom. The number of halogens is 1. The fourth-order valence-electron chi connectivity index (χ4n) is 2.69. The van der Waals surface area contributed by atoms with Crippen LogP contribution in [0.2, 0.25) is 0 Å². The second-order valence-electron chi connectivity index (χ2n) is 5.18. The Hall–Kier alpha value is -1.72. The number of anilines is 1. The Morgan fingerprint density at radius 2 is 2.29 bits per heavy atom. The van der Waals surface area contributed by atoms with Gasteiger partial charge in [-0.2, -0.15) is 0 Å². The van der Waals surface area contributed by atoms with E-state index in [0.717, 1.165) is 19.3 Å². The number of carbonyl (C=O) groups excluding carboxylic acids is 1. The molecule has 1 atom stereocenters. The predicted octanol–water partition coefficient (Wildman–Crippen LogP) is 3.49. The molecule has 0 fully saturated rings. The van der Waals surface area contributed by atoms with Crippen molar-refractivity contribution in [2.45, 2.75) is 25.3 Å². The van der Waals surface area contributed by atoms with Crippen molar-refractivity contribution in [2.24, 2.45) is 0 Å². The Kier molecular flexibility index (Phi) is 4.31. The molecule has 21 heavy (non-hydrogen) atoms. The van der Waals surface area contributed by atoms with Gasteiger partial charge in [0, 0.05) is 16.6 Å². The summed E-state index contributed by atoms with van der Waals surface area (Å²) in [4.78, 5) is 13.3. The first-order valence-corrected chi connectivity index (χ1v) is 7.95. The summed E-state index contributed by atoms with van der Waals surface area (Å²) in [6, 6.07) is 8.32. The molecule has 1 unspecified atom stereocenters. The largest absolute Gasteiger partial charge is 0.325 e. The molecule has 0 spiro atoms. The third-order valence-electron chi connectivity index (χ3n) is 3.67. The average Bonchev–Trinajstić information content (AvgIpc) is 2.94. The number of rotatable bonds is 4. The van der Waals surface area contributed by atoms with E-state index in [-0.39, 0.29) is 24.3 Å². The van der Waals surface area contributed by atoms with Crippen LogP contribution in [0.5, 0.6) is 0 Å². The molecule has 0 saturated heterocycles. The topological polar surface area (TPSA) is 41.1 Å². The SMILES string of the molecule is O=C(CNC1CCCc2sccc21)Nc1cccc(F)c1. The third kappa shape index (κ3) is 3.49. The summed E-state index contributed by atoms with van der Waals surface area (Å²) in [5, 5.41) is 8.11. The number of nitrogens with one attached hydrogen (secondary N) is 2. The van der Waals surface area contributed by atoms with Crippen LogP contribution in [0.1, 0.15) is 29.3 Å². The van der Waals surface area contributed by atoms with Crippen molar-refractivity contribution in [3.05, 3.63) is 52.0 Å². The van der Waals surface area contributed by atoms with E-state index < -0.39 is 0 Å². The van der Waals surface area contributed by atoms with Crippen molar-refractivity contribution in [3.63, 3.8) is 0 Å². The summed E-state index contributed by atoms with van der Waals surface area (Å²) in [7, 11) is 0. The second-order valence-corrected chi connectivity index (χ2v) is 6.18. The lowest BCUT2D eigenvalue weighted by Gasteiger charge is -2.23. The summed E-state index contributed by atoms with van der Waals surface area (Å²) in [6.07, 6.45) is 3.34. The van der Waals surface area contributed by atoms with Gasteiger partial charge in [0.2, 0.25) is 5.91 Å². The third-order valence-corrected chi connectivity index (χ3v) is 4.67. The lowest BCUT2D eigenvalue weighted by atomic mass is 9.94. The minimum Gasteiger partial charge on any atom is -0.325 e. The monoisotopic (exact) mass is 304 g/mol. The van der Waals surface area contributed by atoms with E-state index in [9.17, 15) is 9.18 Å². The number of hydrogen-bond donors (Lipinski definition) is 2. The van der Waals surface area contributed by atoms with E-state index in [1.165, 1.54) is 22.6 Å². The van der Waals surface area contributed by atoms with Gasteiger partial charge in [0.1, 0.15) is 5.82 Å². The molecule has 110 valence electrons. The van der Waals surface area contributed by atoms with Gasteiger partial charge in [0.25, 0.3) is 0 Å². The van der Waals surface area contributed by atoms with Crippen LogP contribution in [-0.2, 0) is 11.2 Å². The van der Waals surface area contributed by atoms with Crippen molar-refractivity contribution < 1.29 is 9.18 Å². The smallest absolute Gasteiger partial charge is 0.238 e. The minimum absolute atomic E-state index is 0.150. The molecular formula is C16H17FN2OS. The predicted molar refractivity (Wildman–Crippen MR) is 83.0 cm³/mol. The molecule has 2 aromatic rings. The van der Waals surface area contributed by atoms with Gasteiger partial charge in [0.05, 0.1) is 6.54 Å². The number of carbonyl (C=O) groups is 1. The number of thiophene rings is 1. The van der Waals surface area contributed by atoms with Crippen LogP contribution in [0.4, 0.5) is 10.1 Å². The molecule has 2 N–H and O–H groups in total. The van der Waals surface area contributed by atoms with E-state index >= 15 is 0 Å². The Bertz CT molecular complexity index is 641. The number of amides is 1. The summed E-state index contributed by atoms with van der Waals surface area (Å²) >= 11 is 1.79. The summed E-state index contributed by atoms with van der Waals surface area (Å²) in [6.45, 7) is 0.233. The maximum atomic E-state index is 13.1. The molecule has 1 aromatic heterocycles. The molecule has 0 bridgehead atoms. The molecule has 3 nitrogen and oxygen atoms in total. The molecule has 1 aliphatic rings. The first-order valence-electron chi connectivity index (χ1n) is 7.07. The van der Waals surface area contributed by atoms with Crippen molar-refractivity contribution in [3.8, 4) is 0 Å². The van der Waals surface area contributed by atoms with E-state index in [0.29, 0.717) is 5.69 Å². The van der Waals surface area contributed by atoms with Gasteiger partial charge >= 0.3 is 0 Å². The van der Waals surface area contributed by atoms with Crippen molar-refractivity contribution in [2.75, 3.05) is 11.9 Å². The first kappa shape index (κ1) is 14.2. The van der Waals surface area contributed by atoms with Crippen LogP contribution >= 0.6 is 11.3 Å². The van der Waals surface area contributed by atoms with Crippen molar-refractivity contribution >= 4 is 22.9 Å².